The van der Waals surface area contributed by atoms with Crippen LogP contribution in [0.5, 0.6) is 0 Å². The van der Waals surface area contributed by atoms with Gasteiger partial charge in [-0.05, 0) is 111 Å². The topological polar surface area (TPSA) is 20.3 Å². The molecule has 0 aromatic heterocycles. The lowest BCUT2D eigenvalue weighted by Crippen LogP contribution is -2.57. The van der Waals surface area contributed by atoms with Crippen molar-refractivity contribution in [2.75, 3.05) is 14.1 Å². The van der Waals surface area contributed by atoms with Crippen molar-refractivity contribution in [2.45, 2.75) is 85.6 Å². The fourth-order valence-corrected chi connectivity index (χ4v) is 9.79. The summed E-state index contributed by atoms with van der Waals surface area (Å²) in [6.07, 6.45) is 14.0. The zero-order chi connectivity index (χ0) is 20.3. The maximum atomic E-state index is 12.7. The molecule has 5 rings (SSSR count). The van der Waals surface area contributed by atoms with Crippen LogP contribution in [0, 0.1) is 44.8 Å². The van der Waals surface area contributed by atoms with Crippen molar-refractivity contribution >= 4 is 5.78 Å². The van der Waals surface area contributed by atoms with Crippen molar-refractivity contribution in [1.29, 1.82) is 0 Å². The zero-order valence-electron chi connectivity index (χ0n) is 19.3. The van der Waals surface area contributed by atoms with E-state index in [0.717, 1.165) is 11.8 Å². The first-order valence-electron chi connectivity index (χ1n) is 11.9. The van der Waals surface area contributed by atoms with E-state index >= 15 is 0 Å². The van der Waals surface area contributed by atoms with E-state index in [-0.39, 0.29) is 5.41 Å². The summed E-state index contributed by atoms with van der Waals surface area (Å²) in [5.74, 6) is 2.61. The fourth-order valence-electron chi connectivity index (χ4n) is 9.79. The van der Waals surface area contributed by atoms with Crippen LogP contribution in [0.3, 0.4) is 0 Å². The van der Waals surface area contributed by atoms with Crippen LogP contribution < -0.4 is 0 Å². The molecule has 28 heavy (non-hydrogen) atoms. The van der Waals surface area contributed by atoms with Gasteiger partial charge in [-0.15, -0.1) is 0 Å². The molecule has 0 radical (unpaired) electrons. The first kappa shape index (κ1) is 19.3. The molecule has 2 heteroatoms. The van der Waals surface area contributed by atoms with Crippen molar-refractivity contribution in [3.05, 3.63) is 12.2 Å². The molecule has 8 atom stereocenters. The molecule has 0 saturated heterocycles. The molecule has 156 valence electrons. The lowest BCUT2D eigenvalue weighted by molar-refractivity contribution is -0.141. The first-order valence-corrected chi connectivity index (χ1v) is 11.9. The van der Waals surface area contributed by atoms with Crippen LogP contribution in [0.25, 0.3) is 0 Å². The predicted molar refractivity (Wildman–Crippen MR) is 115 cm³/mol. The monoisotopic (exact) mass is 383 g/mol. The summed E-state index contributed by atoms with van der Waals surface area (Å²) < 4.78 is 0. The van der Waals surface area contributed by atoms with Crippen LogP contribution in [-0.2, 0) is 4.79 Å². The normalized spacial score (nSPS) is 54.6. The average Bonchev–Trinajstić information content (AvgIpc) is 3.21. The molecule has 5 aliphatic carbocycles. The van der Waals surface area contributed by atoms with Crippen LogP contribution in [0.15, 0.2) is 12.2 Å². The van der Waals surface area contributed by atoms with Gasteiger partial charge in [-0.25, -0.2) is 0 Å². The highest BCUT2D eigenvalue weighted by atomic mass is 16.1. The Hall–Kier alpha value is -0.630. The molecule has 4 saturated carbocycles. The summed E-state index contributed by atoms with van der Waals surface area (Å²) in [5, 5.41) is 0. The van der Waals surface area contributed by atoms with Crippen molar-refractivity contribution in [3.63, 3.8) is 0 Å². The standard InChI is InChI=1S/C26H41NO/c1-17(27(6)7)18-10-12-24(5)20-9-8-19-22(2,3)21(28)11-13-25(19)16-26(20,25)15-14-23(18,24)4/h11,13,17-20H,8-10,12,14-16H2,1-7H3/t17-,18+,19-,20-,23+,24-,25+,26-/m0/s1. The largest absolute Gasteiger partial charge is 0.306 e. The minimum Gasteiger partial charge on any atom is -0.306 e. The number of carbonyl (C=O) groups is 1. The highest BCUT2D eigenvalue weighted by molar-refractivity contribution is 5.96. The first-order chi connectivity index (χ1) is 13.0. The SMILES string of the molecule is C[C@@H]([C@H]1CC[C@@]2(C)[C@@H]3CC[C@H]4C(C)(C)C(=O)C=C[C@@]45C[C@@]35CC[C@]12C)N(C)C. The molecular formula is C26H41NO. The van der Waals surface area contributed by atoms with Gasteiger partial charge in [0.15, 0.2) is 5.78 Å². The van der Waals surface area contributed by atoms with Crippen LogP contribution in [0.4, 0.5) is 0 Å². The van der Waals surface area contributed by atoms with E-state index in [2.05, 4.69) is 59.7 Å². The Morgan fingerprint density at radius 2 is 1.64 bits per heavy atom. The molecule has 0 N–H and O–H groups in total. The Morgan fingerprint density at radius 1 is 0.964 bits per heavy atom. The van der Waals surface area contributed by atoms with E-state index in [4.69, 9.17) is 0 Å². The molecule has 0 bridgehead atoms. The number of allylic oxidation sites excluding steroid dienone is 2. The third kappa shape index (κ3) is 1.89. The summed E-state index contributed by atoms with van der Waals surface area (Å²) in [6, 6.07) is 0.663. The average molecular weight is 384 g/mol. The smallest absolute Gasteiger partial charge is 0.161 e. The van der Waals surface area contributed by atoms with Crippen molar-refractivity contribution in [1.82, 2.24) is 4.90 Å². The molecule has 0 aromatic rings. The number of rotatable bonds is 2. The molecular weight excluding hydrogens is 342 g/mol. The highest BCUT2D eigenvalue weighted by Gasteiger charge is 2.81. The fraction of sp³-hybridized carbons (Fsp3) is 0.885. The minimum absolute atomic E-state index is 0.164. The van der Waals surface area contributed by atoms with E-state index in [1.165, 1.54) is 44.9 Å². The molecule has 2 spiro atoms. The van der Waals surface area contributed by atoms with E-state index in [9.17, 15) is 4.79 Å². The number of carbonyl (C=O) groups excluding carboxylic acids is 1. The van der Waals surface area contributed by atoms with Gasteiger partial charge in [0.05, 0.1) is 0 Å². The van der Waals surface area contributed by atoms with Crippen LogP contribution >= 0.6 is 0 Å². The second-order valence-corrected chi connectivity index (χ2v) is 12.7. The number of hydrogen-bond donors (Lipinski definition) is 0. The van der Waals surface area contributed by atoms with Crippen molar-refractivity contribution in [2.24, 2.45) is 44.8 Å². The van der Waals surface area contributed by atoms with Gasteiger partial charge >= 0.3 is 0 Å². The molecule has 0 heterocycles. The summed E-state index contributed by atoms with van der Waals surface area (Å²) in [6.45, 7) is 12.3. The summed E-state index contributed by atoms with van der Waals surface area (Å²) in [4.78, 5) is 15.1. The molecule has 0 unspecified atom stereocenters. The van der Waals surface area contributed by atoms with Gasteiger partial charge in [-0.1, -0.05) is 33.8 Å². The van der Waals surface area contributed by atoms with Gasteiger partial charge in [0.1, 0.15) is 0 Å². The Morgan fingerprint density at radius 3 is 2.32 bits per heavy atom. The van der Waals surface area contributed by atoms with E-state index in [1.54, 1.807) is 0 Å². The molecule has 0 amide bonds. The lowest BCUT2D eigenvalue weighted by atomic mass is 9.42. The quantitative estimate of drug-likeness (QED) is 0.608. The Kier molecular flexibility index (Phi) is 3.69. The predicted octanol–water partition coefficient (Wildman–Crippen LogP) is 5.72. The lowest BCUT2D eigenvalue weighted by Gasteiger charge is -2.62. The third-order valence-corrected chi connectivity index (χ3v) is 11.8. The summed E-state index contributed by atoms with van der Waals surface area (Å²) in [5.41, 5.74) is 1.60. The Labute approximate surface area is 172 Å². The molecule has 5 aliphatic rings. The number of nitrogens with zero attached hydrogens (tertiary/aromatic N) is 1. The molecule has 0 aromatic carbocycles. The van der Waals surface area contributed by atoms with Crippen LogP contribution in [-0.4, -0.2) is 30.8 Å². The molecule has 0 aliphatic heterocycles. The maximum absolute atomic E-state index is 12.7. The number of hydrogen-bond acceptors (Lipinski definition) is 2. The maximum Gasteiger partial charge on any atom is 0.161 e. The van der Waals surface area contributed by atoms with Crippen molar-refractivity contribution in [3.8, 4) is 0 Å². The third-order valence-electron chi connectivity index (χ3n) is 11.8. The van der Waals surface area contributed by atoms with Crippen molar-refractivity contribution < 1.29 is 4.79 Å². The summed E-state index contributed by atoms with van der Waals surface area (Å²) in [7, 11) is 4.53. The van der Waals surface area contributed by atoms with Gasteiger partial charge in [0.2, 0.25) is 0 Å². The van der Waals surface area contributed by atoms with Gasteiger partial charge < -0.3 is 4.90 Å². The summed E-state index contributed by atoms with van der Waals surface area (Å²) >= 11 is 0. The van der Waals surface area contributed by atoms with E-state index < -0.39 is 0 Å². The highest BCUT2D eigenvalue weighted by Crippen LogP contribution is 2.87. The van der Waals surface area contributed by atoms with Gasteiger partial charge in [0.25, 0.3) is 0 Å². The molecule has 2 nitrogen and oxygen atoms in total. The van der Waals surface area contributed by atoms with Gasteiger partial charge in [-0.3, -0.25) is 4.79 Å². The van der Waals surface area contributed by atoms with Crippen LogP contribution in [0.1, 0.15) is 79.6 Å². The second-order valence-electron chi connectivity index (χ2n) is 12.7. The second kappa shape index (κ2) is 5.34. The van der Waals surface area contributed by atoms with Crippen LogP contribution in [0.2, 0.25) is 0 Å². The number of ketones is 1. The Balaban J connectivity index is 1.54. The van der Waals surface area contributed by atoms with E-state index in [0.29, 0.717) is 39.4 Å². The van der Waals surface area contributed by atoms with Gasteiger partial charge in [0, 0.05) is 11.5 Å². The number of fused-ring (bicyclic) bond motifs is 2. The van der Waals surface area contributed by atoms with E-state index in [1.807, 2.05) is 6.08 Å². The molecule has 4 fully saturated rings. The van der Waals surface area contributed by atoms with Gasteiger partial charge in [-0.2, -0.15) is 0 Å². The zero-order valence-corrected chi connectivity index (χ0v) is 19.3. The Bertz CT molecular complexity index is 752. The minimum atomic E-state index is -0.164.